The molecule has 2 aliphatic rings. The maximum atomic E-state index is 12.5. The van der Waals surface area contributed by atoms with Crippen molar-refractivity contribution in [3.05, 3.63) is 59.7 Å². The molecule has 1 atom stereocenters. The topological polar surface area (TPSA) is 52.7 Å². The molecule has 2 aromatic carbocycles. The Morgan fingerprint density at radius 2 is 1.93 bits per heavy atom. The monoisotopic (exact) mass is 363 g/mol. The maximum Gasteiger partial charge on any atom is 0.238 e. The van der Waals surface area contributed by atoms with Crippen molar-refractivity contribution in [1.82, 2.24) is 4.90 Å². The number of nitrogens with zero attached hydrogens (tertiary/aromatic N) is 2. The van der Waals surface area contributed by atoms with Gasteiger partial charge in [0.15, 0.2) is 0 Å². The molecule has 1 N–H and O–H groups in total. The van der Waals surface area contributed by atoms with Crippen LogP contribution in [0.2, 0.25) is 0 Å². The number of nitrogens with one attached hydrogen (secondary N) is 1. The zero-order valence-electron chi connectivity index (χ0n) is 15.6. The molecule has 140 valence electrons. The van der Waals surface area contributed by atoms with Crippen molar-refractivity contribution in [3.8, 4) is 0 Å². The minimum Gasteiger partial charge on any atom is -0.325 e. The maximum absolute atomic E-state index is 12.5. The largest absolute Gasteiger partial charge is 0.325 e. The van der Waals surface area contributed by atoms with Gasteiger partial charge in [-0.25, -0.2) is 0 Å². The van der Waals surface area contributed by atoms with Gasteiger partial charge in [-0.1, -0.05) is 30.3 Å². The normalized spacial score (nSPS) is 19.8. The third-order valence-electron chi connectivity index (χ3n) is 5.47. The molecule has 2 heterocycles. The molecule has 2 aliphatic heterocycles. The number of rotatable bonds is 4. The molecule has 5 nitrogen and oxygen atoms in total. The molecule has 2 amide bonds. The summed E-state index contributed by atoms with van der Waals surface area (Å²) in [6, 6.07) is 16.2. The summed E-state index contributed by atoms with van der Waals surface area (Å²) in [7, 11) is 0. The number of fused-ring (bicyclic) bond motifs is 1. The molecule has 0 aliphatic carbocycles. The van der Waals surface area contributed by atoms with Crippen molar-refractivity contribution < 1.29 is 9.59 Å². The van der Waals surface area contributed by atoms with Crippen LogP contribution < -0.4 is 10.2 Å². The fourth-order valence-corrected chi connectivity index (χ4v) is 4.05. The summed E-state index contributed by atoms with van der Waals surface area (Å²) in [4.78, 5) is 28.6. The second kappa shape index (κ2) is 7.53. The van der Waals surface area contributed by atoms with Gasteiger partial charge >= 0.3 is 0 Å². The van der Waals surface area contributed by atoms with E-state index in [-0.39, 0.29) is 17.9 Å². The molecule has 4 rings (SSSR count). The number of anilines is 2. The van der Waals surface area contributed by atoms with Crippen LogP contribution in [-0.4, -0.2) is 35.8 Å². The number of carbonyl (C=O) groups excluding carboxylic acids is 2. The van der Waals surface area contributed by atoms with Gasteiger partial charge in [0.05, 0.1) is 6.54 Å². The van der Waals surface area contributed by atoms with E-state index in [4.69, 9.17) is 0 Å². The molecule has 27 heavy (non-hydrogen) atoms. The summed E-state index contributed by atoms with van der Waals surface area (Å²) in [6.45, 7) is 4.13. The Kier molecular flexibility index (Phi) is 4.94. The molecule has 0 radical (unpaired) electrons. The summed E-state index contributed by atoms with van der Waals surface area (Å²) in [5.74, 6) is 0.130. The van der Waals surface area contributed by atoms with Crippen LogP contribution in [0, 0.1) is 0 Å². The highest BCUT2D eigenvalue weighted by atomic mass is 16.2. The van der Waals surface area contributed by atoms with E-state index in [1.165, 1.54) is 11.1 Å². The third kappa shape index (κ3) is 3.88. The summed E-state index contributed by atoms with van der Waals surface area (Å²) in [5.41, 5.74) is 4.28. The predicted molar refractivity (Wildman–Crippen MR) is 107 cm³/mol. The Bertz CT molecular complexity index is 864. The SMILES string of the molecule is CC1CCC(=O)N1c1cccc(NC(=O)CN2CCc3ccccc3C2)c1. The lowest BCUT2D eigenvalue weighted by atomic mass is 10.00. The standard InChI is InChI=1S/C22H25N3O2/c1-16-9-10-22(27)25(16)20-8-4-7-19(13-20)23-21(26)15-24-12-11-17-5-2-3-6-18(17)14-24/h2-8,13,16H,9-12,14-15H2,1H3,(H,23,26). The van der Waals surface area contributed by atoms with Crippen molar-refractivity contribution in [1.29, 1.82) is 0 Å². The smallest absolute Gasteiger partial charge is 0.238 e. The van der Waals surface area contributed by atoms with Gasteiger partial charge in [0.25, 0.3) is 0 Å². The minimum absolute atomic E-state index is 0.0210. The molecule has 0 aromatic heterocycles. The molecule has 5 heteroatoms. The Morgan fingerprint density at radius 1 is 1.11 bits per heavy atom. The van der Waals surface area contributed by atoms with Crippen molar-refractivity contribution >= 4 is 23.2 Å². The van der Waals surface area contributed by atoms with E-state index in [0.717, 1.165) is 37.3 Å². The van der Waals surface area contributed by atoms with Crippen LogP contribution in [0.3, 0.4) is 0 Å². The summed E-state index contributed by atoms with van der Waals surface area (Å²) < 4.78 is 0. The Morgan fingerprint density at radius 3 is 2.70 bits per heavy atom. The van der Waals surface area contributed by atoms with Crippen LogP contribution >= 0.6 is 0 Å². The van der Waals surface area contributed by atoms with Crippen LogP contribution in [-0.2, 0) is 22.6 Å². The fraction of sp³-hybridized carbons (Fsp3) is 0.364. The van der Waals surface area contributed by atoms with Gasteiger partial charge in [-0.15, -0.1) is 0 Å². The van der Waals surface area contributed by atoms with E-state index in [0.29, 0.717) is 13.0 Å². The molecule has 1 unspecified atom stereocenters. The molecular weight excluding hydrogens is 338 g/mol. The number of carbonyl (C=O) groups is 2. The summed E-state index contributed by atoms with van der Waals surface area (Å²) in [6.07, 6.45) is 2.45. The quantitative estimate of drug-likeness (QED) is 0.908. The molecule has 1 saturated heterocycles. The van der Waals surface area contributed by atoms with Crippen LogP contribution in [0.5, 0.6) is 0 Å². The first-order valence-electron chi connectivity index (χ1n) is 9.61. The van der Waals surface area contributed by atoms with Crippen LogP contribution in [0.15, 0.2) is 48.5 Å². The molecule has 0 bridgehead atoms. The predicted octanol–water partition coefficient (Wildman–Crippen LogP) is 3.20. The lowest BCUT2D eigenvalue weighted by Gasteiger charge is -2.28. The Labute approximate surface area is 160 Å². The van der Waals surface area contributed by atoms with Crippen LogP contribution in [0.1, 0.15) is 30.9 Å². The number of amides is 2. The minimum atomic E-state index is -0.0210. The van der Waals surface area contributed by atoms with Gasteiger partial charge < -0.3 is 10.2 Å². The van der Waals surface area contributed by atoms with Crippen LogP contribution in [0.25, 0.3) is 0 Å². The number of benzene rings is 2. The molecule has 0 saturated carbocycles. The van der Waals surface area contributed by atoms with Gasteiger partial charge in [0.2, 0.25) is 11.8 Å². The van der Waals surface area contributed by atoms with Crippen molar-refractivity contribution in [2.45, 2.75) is 38.8 Å². The van der Waals surface area contributed by atoms with Crippen molar-refractivity contribution in [3.63, 3.8) is 0 Å². The average molecular weight is 363 g/mol. The number of hydrogen-bond donors (Lipinski definition) is 1. The highest BCUT2D eigenvalue weighted by molar-refractivity contribution is 5.98. The van der Waals surface area contributed by atoms with E-state index in [2.05, 4.69) is 41.4 Å². The number of hydrogen-bond acceptors (Lipinski definition) is 3. The van der Waals surface area contributed by atoms with Gasteiger partial charge in [-0.2, -0.15) is 0 Å². The zero-order chi connectivity index (χ0) is 18.8. The van der Waals surface area contributed by atoms with Gasteiger partial charge in [0, 0.05) is 36.9 Å². The lowest BCUT2D eigenvalue weighted by molar-refractivity contribution is -0.118. The van der Waals surface area contributed by atoms with Gasteiger partial charge in [0.1, 0.15) is 0 Å². The molecular formula is C22H25N3O2. The first kappa shape index (κ1) is 17.7. The van der Waals surface area contributed by atoms with Gasteiger partial charge in [-0.05, 0) is 49.1 Å². The molecule has 1 fully saturated rings. The van der Waals surface area contributed by atoms with Crippen molar-refractivity contribution in [2.24, 2.45) is 0 Å². The summed E-state index contributed by atoms with van der Waals surface area (Å²) in [5, 5.41) is 2.99. The Hall–Kier alpha value is -2.66. The van der Waals surface area contributed by atoms with E-state index >= 15 is 0 Å². The second-order valence-electron chi connectivity index (χ2n) is 7.48. The highest BCUT2D eigenvalue weighted by Crippen LogP contribution is 2.28. The summed E-state index contributed by atoms with van der Waals surface area (Å²) >= 11 is 0. The van der Waals surface area contributed by atoms with E-state index in [9.17, 15) is 9.59 Å². The average Bonchev–Trinajstić information content (AvgIpc) is 3.00. The van der Waals surface area contributed by atoms with Crippen molar-refractivity contribution in [2.75, 3.05) is 23.3 Å². The molecule has 0 spiro atoms. The van der Waals surface area contributed by atoms with Crippen LogP contribution in [0.4, 0.5) is 11.4 Å². The highest BCUT2D eigenvalue weighted by Gasteiger charge is 2.28. The fourth-order valence-electron chi connectivity index (χ4n) is 4.05. The lowest BCUT2D eigenvalue weighted by Crippen LogP contribution is -2.37. The third-order valence-corrected chi connectivity index (χ3v) is 5.47. The first-order valence-corrected chi connectivity index (χ1v) is 9.61. The van der Waals surface area contributed by atoms with E-state index in [1.807, 2.05) is 29.2 Å². The first-order chi connectivity index (χ1) is 13.1. The zero-order valence-corrected chi connectivity index (χ0v) is 15.6. The molecule has 2 aromatic rings. The second-order valence-corrected chi connectivity index (χ2v) is 7.48. The van der Waals surface area contributed by atoms with E-state index in [1.54, 1.807) is 0 Å². The van der Waals surface area contributed by atoms with Gasteiger partial charge in [-0.3, -0.25) is 14.5 Å². The van der Waals surface area contributed by atoms with E-state index < -0.39 is 0 Å². The Balaban J connectivity index is 1.39.